The molecule has 0 aromatic heterocycles. The monoisotopic (exact) mass is 529 g/mol. The molecule has 11 heteroatoms. The van der Waals surface area contributed by atoms with Crippen molar-refractivity contribution in [1.82, 2.24) is 0 Å². The molecule has 0 aliphatic carbocycles. The van der Waals surface area contributed by atoms with E-state index < -0.39 is 23.5 Å². The maximum Gasteiger partial charge on any atom is 0.283 e. The van der Waals surface area contributed by atoms with Crippen molar-refractivity contribution < 1.29 is 28.2 Å². The second-order valence-corrected chi connectivity index (χ2v) is 8.24. The van der Waals surface area contributed by atoms with Gasteiger partial charge in [-0.2, -0.15) is 0 Å². The average molecular weight is 530 g/mol. The van der Waals surface area contributed by atoms with E-state index in [1.165, 1.54) is 26.4 Å². The molecule has 0 unspecified atom stereocenters. The number of carbonyl (C=O) groups excluding carboxylic acids is 3. The molecule has 2 N–H and O–H groups in total. The summed E-state index contributed by atoms with van der Waals surface area (Å²) in [4.78, 5) is 39.3. The minimum absolute atomic E-state index is 0.0629. The van der Waals surface area contributed by atoms with Gasteiger partial charge in [0.2, 0.25) is 0 Å². The highest BCUT2D eigenvalue weighted by molar-refractivity contribution is 6.53. The van der Waals surface area contributed by atoms with Crippen LogP contribution in [0.25, 0.3) is 0 Å². The molecule has 0 atom stereocenters. The summed E-state index contributed by atoms with van der Waals surface area (Å²) in [5.41, 5.74) is 0.883. The van der Waals surface area contributed by atoms with Crippen LogP contribution in [0.15, 0.2) is 71.4 Å². The first-order valence-electron chi connectivity index (χ1n) is 10.4. The molecule has 3 aromatic rings. The Balaban J connectivity index is 1.54. The molecule has 1 heterocycles. The standard InChI is InChI=1S/C25H18Cl2FN3O5/c1-35-16-7-9-19(20(12-16)36-2)30-23(32)13-4-3-5-14(10-13)29-22-21(27)24(33)31(25(22)34)15-6-8-18(28)17(26)11-15/h3-12,29H,1-2H3,(H,30,32). The van der Waals surface area contributed by atoms with Crippen LogP contribution < -0.4 is 25.0 Å². The lowest BCUT2D eigenvalue weighted by Gasteiger charge is -2.16. The Kier molecular flexibility index (Phi) is 7.14. The van der Waals surface area contributed by atoms with Crippen LogP contribution in [-0.4, -0.2) is 31.9 Å². The number of imide groups is 1. The molecule has 0 spiro atoms. The summed E-state index contributed by atoms with van der Waals surface area (Å²) >= 11 is 11.9. The van der Waals surface area contributed by atoms with E-state index in [2.05, 4.69) is 10.6 Å². The fourth-order valence-electron chi connectivity index (χ4n) is 3.45. The van der Waals surface area contributed by atoms with Crippen molar-refractivity contribution >= 4 is 58.0 Å². The number of rotatable bonds is 7. The zero-order valence-electron chi connectivity index (χ0n) is 18.9. The van der Waals surface area contributed by atoms with Gasteiger partial charge >= 0.3 is 0 Å². The van der Waals surface area contributed by atoms with E-state index in [4.69, 9.17) is 32.7 Å². The van der Waals surface area contributed by atoms with E-state index in [0.717, 1.165) is 17.0 Å². The van der Waals surface area contributed by atoms with Gasteiger partial charge in [-0.25, -0.2) is 9.29 Å². The zero-order valence-corrected chi connectivity index (χ0v) is 20.4. The number of hydrogen-bond acceptors (Lipinski definition) is 6. The Hall–Kier alpha value is -4.08. The smallest absolute Gasteiger partial charge is 0.283 e. The zero-order chi connectivity index (χ0) is 26.0. The predicted octanol–water partition coefficient (Wildman–Crippen LogP) is 5.18. The molecule has 184 valence electrons. The maximum absolute atomic E-state index is 13.5. The van der Waals surface area contributed by atoms with Gasteiger partial charge < -0.3 is 20.1 Å². The predicted molar refractivity (Wildman–Crippen MR) is 134 cm³/mol. The number of nitrogens with zero attached hydrogens (tertiary/aromatic N) is 1. The summed E-state index contributed by atoms with van der Waals surface area (Å²) in [5.74, 6) is -1.73. The molecular weight excluding hydrogens is 512 g/mol. The number of carbonyl (C=O) groups is 3. The van der Waals surface area contributed by atoms with Gasteiger partial charge in [0.25, 0.3) is 17.7 Å². The number of halogens is 3. The van der Waals surface area contributed by atoms with E-state index >= 15 is 0 Å². The Morgan fingerprint density at radius 1 is 0.944 bits per heavy atom. The van der Waals surface area contributed by atoms with Crippen molar-refractivity contribution in [3.63, 3.8) is 0 Å². The molecule has 8 nitrogen and oxygen atoms in total. The first-order valence-corrected chi connectivity index (χ1v) is 11.1. The van der Waals surface area contributed by atoms with Crippen molar-refractivity contribution in [3.05, 3.63) is 87.8 Å². The molecule has 3 aromatic carbocycles. The molecule has 3 amide bonds. The topological polar surface area (TPSA) is 97.0 Å². The third-order valence-electron chi connectivity index (χ3n) is 5.24. The van der Waals surface area contributed by atoms with Crippen LogP contribution in [0, 0.1) is 5.82 Å². The van der Waals surface area contributed by atoms with Gasteiger partial charge in [0.15, 0.2) is 0 Å². The van der Waals surface area contributed by atoms with Crippen LogP contribution in [0.2, 0.25) is 5.02 Å². The van der Waals surface area contributed by atoms with Gasteiger partial charge in [0.05, 0.1) is 30.6 Å². The van der Waals surface area contributed by atoms with Crippen molar-refractivity contribution in [2.75, 3.05) is 29.8 Å². The number of hydrogen-bond donors (Lipinski definition) is 2. The fourth-order valence-corrected chi connectivity index (χ4v) is 3.84. The molecule has 0 saturated carbocycles. The number of anilines is 3. The third-order valence-corrected chi connectivity index (χ3v) is 5.88. The van der Waals surface area contributed by atoms with Crippen LogP contribution in [0.4, 0.5) is 21.5 Å². The lowest BCUT2D eigenvalue weighted by Crippen LogP contribution is -2.32. The Morgan fingerprint density at radius 3 is 2.42 bits per heavy atom. The number of amides is 3. The third kappa shape index (κ3) is 4.84. The van der Waals surface area contributed by atoms with E-state index in [1.54, 1.807) is 36.4 Å². The van der Waals surface area contributed by atoms with Gasteiger partial charge in [-0.05, 0) is 48.5 Å². The van der Waals surface area contributed by atoms with Gasteiger partial charge in [0, 0.05) is 17.3 Å². The lowest BCUT2D eigenvalue weighted by atomic mass is 10.1. The van der Waals surface area contributed by atoms with Crippen LogP contribution >= 0.6 is 23.2 Å². The largest absolute Gasteiger partial charge is 0.497 e. The minimum atomic E-state index is -0.799. The molecule has 0 saturated heterocycles. The first kappa shape index (κ1) is 25.0. The first-order chi connectivity index (χ1) is 17.2. The summed E-state index contributed by atoms with van der Waals surface area (Å²) < 4.78 is 24.0. The van der Waals surface area contributed by atoms with Crippen LogP contribution in [0.5, 0.6) is 11.5 Å². The number of ether oxygens (including phenoxy) is 2. The second-order valence-electron chi connectivity index (χ2n) is 7.46. The van der Waals surface area contributed by atoms with Crippen LogP contribution in [0.1, 0.15) is 10.4 Å². The molecular formula is C25H18Cl2FN3O5. The molecule has 0 fully saturated rings. The summed E-state index contributed by atoms with van der Waals surface area (Å²) in [6.07, 6.45) is 0. The normalized spacial score (nSPS) is 13.2. The van der Waals surface area contributed by atoms with Crippen LogP contribution in [0.3, 0.4) is 0 Å². The minimum Gasteiger partial charge on any atom is -0.497 e. The van der Waals surface area contributed by atoms with Gasteiger partial charge in [0.1, 0.15) is 28.0 Å². The second kappa shape index (κ2) is 10.3. The summed E-state index contributed by atoms with van der Waals surface area (Å²) in [7, 11) is 2.99. The molecule has 1 aliphatic rings. The fraction of sp³-hybridized carbons (Fsp3) is 0.0800. The van der Waals surface area contributed by atoms with Gasteiger partial charge in [-0.3, -0.25) is 14.4 Å². The van der Waals surface area contributed by atoms with Crippen molar-refractivity contribution in [2.24, 2.45) is 0 Å². The molecule has 0 bridgehead atoms. The van der Waals surface area contributed by atoms with Crippen molar-refractivity contribution in [3.8, 4) is 11.5 Å². The van der Waals surface area contributed by atoms with Crippen LogP contribution in [-0.2, 0) is 9.59 Å². The summed E-state index contributed by atoms with van der Waals surface area (Å²) in [5, 5.41) is 4.94. The SMILES string of the molecule is COc1ccc(NC(=O)c2cccc(NC3=C(Cl)C(=O)N(c4ccc(F)c(Cl)c4)C3=O)c2)c(OC)c1. The highest BCUT2D eigenvalue weighted by Gasteiger charge is 2.39. The lowest BCUT2D eigenvalue weighted by molar-refractivity contribution is -0.120. The van der Waals surface area contributed by atoms with E-state index in [0.29, 0.717) is 22.9 Å². The quantitative estimate of drug-likeness (QED) is 0.409. The number of methoxy groups -OCH3 is 2. The molecule has 4 rings (SSSR count). The Labute approximate surface area is 215 Å². The molecule has 36 heavy (non-hydrogen) atoms. The molecule has 1 aliphatic heterocycles. The van der Waals surface area contributed by atoms with E-state index in [1.807, 2.05) is 0 Å². The summed E-state index contributed by atoms with van der Waals surface area (Å²) in [6, 6.07) is 14.6. The summed E-state index contributed by atoms with van der Waals surface area (Å²) in [6.45, 7) is 0. The maximum atomic E-state index is 13.5. The van der Waals surface area contributed by atoms with Gasteiger partial charge in [-0.1, -0.05) is 29.3 Å². The Bertz CT molecular complexity index is 1430. The van der Waals surface area contributed by atoms with Gasteiger partial charge in [-0.15, -0.1) is 0 Å². The molecule has 0 radical (unpaired) electrons. The van der Waals surface area contributed by atoms with Crippen molar-refractivity contribution in [2.45, 2.75) is 0 Å². The highest BCUT2D eigenvalue weighted by atomic mass is 35.5. The number of benzene rings is 3. The average Bonchev–Trinajstić information content (AvgIpc) is 3.09. The van der Waals surface area contributed by atoms with E-state index in [-0.39, 0.29) is 27.0 Å². The van der Waals surface area contributed by atoms with E-state index in [9.17, 15) is 18.8 Å². The van der Waals surface area contributed by atoms with Crippen molar-refractivity contribution in [1.29, 1.82) is 0 Å². The number of nitrogens with one attached hydrogen (secondary N) is 2. The Morgan fingerprint density at radius 2 is 1.72 bits per heavy atom. The highest BCUT2D eigenvalue weighted by Crippen LogP contribution is 2.33.